The molecule has 0 radical (unpaired) electrons. The normalized spacial score (nSPS) is 19.2. The van der Waals surface area contributed by atoms with E-state index in [2.05, 4.69) is 10.1 Å². The van der Waals surface area contributed by atoms with Gasteiger partial charge in [-0.05, 0) is 42.2 Å². The lowest BCUT2D eigenvalue weighted by Gasteiger charge is -2.14. The molecule has 0 bridgehead atoms. The molecule has 3 rings (SSSR count). The summed E-state index contributed by atoms with van der Waals surface area (Å²) in [6.07, 6.45) is -4.59. The lowest BCUT2D eigenvalue weighted by molar-refractivity contribution is -0.274. The number of anilines is 1. The molecule has 2 aromatic carbocycles. The molecule has 2 atom stereocenters. The summed E-state index contributed by atoms with van der Waals surface area (Å²) in [6.45, 7) is 0. The molecule has 1 aliphatic rings. The van der Waals surface area contributed by atoms with Crippen molar-refractivity contribution in [2.75, 3.05) is 5.32 Å². The first-order valence-corrected chi connectivity index (χ1v) is 9.47. The first-order chi connectivity index (χ1) is 12.9. The summed E-state index contributed by atoms with van der Waals surface area (Å²) < 4.78 is 77.0. The van der Waals surface area contributed by atoms with Gasteiger partial charge in [-0.15, -0.1) is 13.2 Å². The summed E-state index contributed by atoms with van der Waals surface area (Å²) in [4.78, 5) is 12.3. The summed E-state index contributed by atoms with van der Waals surface area (Å²) in [5, 5.41) is 7.27. The van der Waals surface area contributed by atoms with Crippen molar-refractivity contribution in [2.45, 2.75) is 23.6 Å². The number of sulfonamides is 1. The molecule has 6 nitrogen and oxygen atoms in total. The highest BCUT2D eigenvalue weighted by molar-refractivity contribution is 7.89. The van der Waals surface area contributed by atoms with Crippen molar-refractivity contribution in [1.29, 1.82) is 0 Å². The third-order valence-corrected chi connectivity index (χ3v) is 5.12. The molecule has 0 aliphatic heterocycles. The molecule has 0 spiro atoms. The number of rotatable bonds is 5. The maximum atomic E-state index is 13.4. The molecule has 1 saturated carbocycles. The average molecular weight is 418 g/mol. The molecule has 1 fully saturated rings. The van der Waals surface area contributed by atoms with E-state index >= 15 is 0 Å². The Morgan fingerprint density at radius 3 is 2.36 bits per heavy atom. The van der Waals surface area contributed by atoms with E-state index in [9.17, 15) is 30.8 Å². The number of benzene rings is 2. The van der Waals surface area contributed by atoms with Crippen LogP contribution in [0.2, 0.25) is 0 Å². The van der Waals surface area contributed by atoms with E-state index in [0.717, 1.165) is 18.2 Å². The first-order valence-electron chi connectivity index (χ1n) is 7.93. The molecule has 2 aromatic rings. The van der Waals surface area contributed by atoms with Crippen molar-refractivity contribution in [3.8, 4) is 5.75 Å². The minimum atomic E-state index is -5.00. The van der Waals surface area contributed by atoms with Crippen LogP contribution in [0.5, 0.6) is 5.75 Å². The van der Waals surface area contributed by atoms with Crippen molar-refractivity contribution >= 4 is 21.6 Å². The molecule has 1 amide bonds. The van der Waals surface area contributed by atoms with Crippen LogP contribution < -0.4 is 15.2 Å². The Balaban J connectivity index is 1.71. The number of nitrogens with two attached hydrogens (primary N) is 1. The Bertz CT molecular complexity index is 1010. The average Bonchev–Trinajstić information content (AvgIpc) is 3.36. The highest BCUT2D eigenvalue weighted by Gasteiger charge is 2.44. The van der Waals surface area contributed by atoms with Gasteiger partial charge in [0, 0.05) is 12.0 Å². The van der Waals surface area contributed by atoms with Gasteiger partial charge in [0.2, 0.25) is 15.9 Å². The van der Waals surface area contributed by atoms with Gasteiger partial charge in [-0.1, -0.05) is 12.1 Å². The Labute approximate surface area is 157 Å². The zero-order valence-corrected chi connectivity index (χ0v) is 14.9. The number of nitrogens with one attached hydrogen (secondary N) is 1. The second-order valence-corrected chi connectivity index (χ2v) is 7.80. The van der Waals surface area contributed by atoms with Crippen molar-refractivity contribution in [3.05, 3.63) is 53.8 Å². The van der Waals surface area contributed by atoms with E-state index in [4.69, 9.17) is 5.14 Å². The Hall–Kier alpha value is -2.66. The molecule has 0 heterocycles. The van der Waals surface area contributed by atoms with Gasteiger partial charge in [-0.3, -0.25) is 4.79 Å². The van der Waals surface area contributed by atoms with Crippen LogP contribution in [0.3, 0.4) is 0 Å². The Morgan fingerprint density at radius 2 is 1.79 bits per heavy atom. The van der Waals surface area contributed by atoms with Crippen molar-refractivity contribution in [2.24, 2.45) is 11.1 Å². The Kier molecular flexibility index (Phi) is 5.06. The third-order valence-electron chi connectivity index (χ3n) is 4.19. The quantitative estimate of drug-likeness (QED) is 0.729. The maximum Gasteiger partial charge on any atom is 0.573 e. The van der Waals surface area contributed by atoms with Crippen molar-refractivity contribution in [1.82, 2.24) is 0 Å². The van der Waals surface area contributed by atoms with Gasteiger partial charge in [0.05, 0.1) is 10.6 Å². The molecule has 0 saturated heterocycles. The van der Waals surface area contributed by atoms with Crippen LogP contribution in [-0.2, 0) is 14.8 Å². The van der Waals surface area contributed by atoms with Crippen LogP contribution in [0.1, 0.15) is 17.9 Å². The molecule has 1 aliphatic carbocycles. The molecule has 28 heavy (non-hydrogen) atoms. The number of hydrogen-bond acceptors (Lipinski definition) is 4. The molecular formula is C17H14F4N2O4S. The summed E-state index contributed by atoms with van der Waals surface area (Å²) in [5.41, 5.74) is 0.246. The largest absolute Gasteiger partial charge is 0.573 e. The summed E-state index contributed by atoms with van der Waals surface area (Å²) in [5.74, 6) is -2.96. The molecule has 11 heteroatoms. The van der Waals surface area contributed by atoms with Gasteiger partial charge in [-0.25, -0.2) is 17.9 Å². The summed E-state index contributed by atoms with van der Waals surface area (Å²) in [7, 11) is -3.84. The number of primary sulfonamides is 1. The van der Waals surface area contributed by atoms with Gasteiger partial charge >= 0.3 is 6.36 Å². The van der Waals surface area contributed by atoms with Crippen LogP contribution in [0.15, 0.2) is 47.4 Å². The fourth-order valence-electron chi connectivity index (χ4n) is 2.80. The SMILES string of the molecule is NS(=O)(=O)c1ccc(C2C[C@@H]2C(=O)Nc2cc(F)ccc2OC(F)(F)F)cc1. The summed E-state index contributed by atoms with van der Waals surface area (Å²) >= 11 is 0. The van der Waals surface area contributed by atoms with E-state index in [1.54, 1.807) is 0 Å². The predicted octanol–water partition coefficient (Wildman–Crippen LogP) is 3.11. The number of ether oxygens (including phenoxy) is 1. The minimum Gasteiger partial charge on any atom is -0.404 e. The van der Waals surface area contributed by atoms with Gasteiger partial charge in [0.1, 0.15) is 5.82 Å². The summed E-state index contributed by atoms with van der Waals surface area (Å²) in [6, 6.07) is 7.92. The first kappa shape index (κ1) is 20.1. The van der Waals surface area contributed by atoms with Gasteiger partial charge in [-0.2, -0.15) is 0 Å². The van der Waals surface area contributed by atoms with E-state index in [-0.39, 0.29) is 10.8 Å². The number of alkyl halides is 3. The zero-order valence-electron chi connectivity index (χ0n) is 14.0. The smallest absolute Gasteiger partial charge is 0.404 e. The number of carbonyl (C=O) groups is 1. The lowest BCUT2D eigenvalue weighted by atomic mass is 10.1. The van der Waals surface area contributed by atoms with E-state index in [1.165, 1.54) is 24.3 Å². The molecule has 1 unspecified atom stereocenters. The second-order valence-electron chi connectivity index (χ2n) is 6.24. The molecule has 0 aromatic heterocycles. The number of amides is 1. The van der Waals surface area contributed by atoms with Crippen LogP contribution >= 0.6 is 0 Å². The number of carbonyl (C=O) groups excluding carboxylic acids is 1. The fourth-order valence-corrected chi connectivity index (χ4v) is 3.31. The van der Waals surface area contributed by atoms with Crippen LogP contribution in [-0.4, -0.2) is 20.7 Å². The highest BCUT2D eigenvalue weighted by Crippen LogP contribution is 2.48. The van der Waals surface area contributed by atoms with Crippen LogP contribution in [0.4, 0.5) is 23.2 Å². The topological polar surface area (TPSA) is 98.5 Å². The van der Waals surface area contributed by atoms with E-state index < -0.39 is 45.5 Å². The molecular weight excluding hydrogens is 404 g/mol. The van der Waals surface area contributed by atoms with Crippen LogP contribution in [0.25, 0.3) is 0 Å². The minimum absolute atomic E-state index is 0.0772. The highest BCUT2D eigenvalue weighted by atomic mass is 32.2. The second kappa shape index (κ2) is 7.06. The number of halogens is 4. The lowest BCUT2D eigenvalue weighted by Crippen LogP contribution is -2.20. The van der Waals surface area contributed by atoms with E-state index in [0.29, 0.717) is 12.0 Å². The van der Waals surface area contributed by atoms with Crippen molar-refractivity contribution < 1.29 is 35.5 Å². The monoisotopic (exact) mass is 418 g/mol. The fraction of sp³-hybridized carbons (Fsp3) is 0.235. The maximum absolute atomic E-state index is 13.4. The standard InChI is InChI=1S/C17H14F4N2O4S/c18-10-3-6-15(27-17(19,20)21)14(7-10)23-16(24)13-8-12(13)9-1-4-11(5-2-9)28(22,25)26/h1-7,12-13H,8H2,(H,23,24)(H2,22,25,26)/t12?,13-/m0/s1. The Morgan fingerprint density at radius 1 is 1.14 bits per heavy atom. The van der Waals surface area contributed by atoms with E-state index in [1.807, 2.05) is 0 Å². The van der Waals surface area contributed by atoms with Gasteiger partial charge in [0.15, 0.2) is 5.75 Å². The van der Waals surface area contributed by atoms with Gasteiger partial charge in [0.25, 0.3) is 0 Å². The predicted molar refractivity (Wildman–Crippen MR) is 90.4 cm³/mol. The molecule has 3 N–H and O–H groups in total. The van der Waals surface area contributed by atoms with Crippen molar-refractivity contribution in [3.63, 3.8) is 0 Å². The zero-order chi connectivity index (χ0) is 20.7. The third kappa shape index (κ3) is 4.78. The van der Waals surface area contributed by atoms with Gasteiger partial charge < -0.3 is 10.1 Å². The van der Waals surface area contributed by atoms with Crippen LogP contribution in [0, 0.1) is 11.7 Å². The number of hydrogen-bond donors (Lipinski definition) is 2. The molecule has 150 valence electrons.